The molecule has 2 heteroatoms. The van der Waals surface area contributed by atoms with Crippen molar-refractivity contribution in [2.75, 3.05) is 5.31 Å². The smallest absolute Gasteiger partial charge is 0.160 e. The van der Waals surface area contributed by atoms with Crippen molar-refractivity contribution >= 4 is 17.3 Å². The first-order valence-corrected chi connectivity index (χ1v) is 5.11. The van der Waals surface area contributed by atoms with Gasteiger partial charge in [0.1, 0.15) is 0 Å². The fraction of sp³-hybridized carbons (Fsp3) is 0.0769. The lowest BCUT2D eigenvalue weighted by Gasteiger charge is -2.05. The Morgan fingerprint density at radius 2 is 1.93 bits per heavy atom. The zero-order valence-corrected chi connectivity index (χ0v) is 8.91. The number of anilines is 1. The maximum absolute atomic E-state index is 7.93. The quantitative estimate of drug-likeness (QED) is 0.824. The summed E-state index contributed by atoms with van der Waals surface area (Å²) < 4.78 is 15.6. The van der Waals surface area contributed by atoms with Crippen LogP contribution in [0, 0.1) is 0 Å². The number of halogens is 1. The zero-order chi connectivity index (χ0) is 12.3. The molecular weight excluding hydrogens is 206 g/mol. The Labute approximate surface area is 97.6 Å². The van der Waals surface area contributed by atoms with Crippen LogP contribution in [0.1, 0.15) is 6.93 Å². The summed E-state index contributed by atoms with van der Waals surface area (Å²) in [6.45, 7) is 0.438. The van der Waals surface area contributed by atoms with Crippen molar-refractivity contribution in [3.63, 3.8) is 0 Å². The van der Waals surface area contributed by atoms with Crippen LogP contribution in [0.25, 0.3) is 0 Å². The van der Waals surface area contributed by atoms with Gasteiger partial charge in [0, 0.05) is 17.3 Å². The molecule has 0 saturated carbocycles. The molecule has 0 heterocycles. The molecule has 2 rings (SSSR count). The normalized spacial score (nSPS) is 11.8. The summed E-state index contributed by atoms with van der Waals surface area (Å²) >= 11 is 5.80. The Morgan fingerprint density at radius 1 is 1.13 bits per heavy atom. The minimum atomic E-state index is 0.358. The van der Waals surface area contributed by atoms with E-state index >= 15 is 0 Å². The first kappa shape index (κ1) is 7.77. The number of para-hydroxylation sites is 1. The van der Waals surface area contributed by atoms with E-state index in [0.29, 0.717) is 23.3 Å². The van der Waals surface area contributed by atoms with Gasteiger partial charge in [-0.1, -0.05) is 41.9 Å². The molecule has 0 radical (unpaired) electrons. The van der Waals surface area contributed by atoms with Gasteiger partial charge in [-0.2, -0.15) is 0 Å². The predicted octanol–water partition coefficient (Wildman–Crippen LogP) is 3.95. The van der Waals surface area contributed by atoms with E-state index in [-0.39, 0.29) is 0 Å². The van der Waals surface area contributed by atoms with Gasteiger partial charge >= 0.3 is 0 Å². The highest BCUT2D eigenvalue weighted by molar-refractivity contribution is 6.30. The second kappa shape index (κ2) is 4.85. The Balaban J connectivity index is 2.14. The molecule has 0 bridgehead atoms. The van der Waals surface area contributed by atoms with Crippen LogP contribution in [0.15, 0.2) is 54.6 Å². The third-order valence-electron chi connectivity index (χ3n) is 2.04. The number of hydrogen-bond acceptors (Lipinski definition) is 1. The Hall–Kier alpha value is -1.47. The molecular formula is C13H12ClN. The highest BCUT2D eigenvalue weighted by atomic mass is 35.5. The number of benzene rings is 2. The monoisotopic (exact) mass is 219 g/mol. The molecule has 0 aromatic heterocycles. The molecule has 2 aromatic carbocycles. The van der Waals surface area contributed by atoms with E-state index in [1.165, 1.54) is 5.31 Å². The van der Waals surface area contributed by atoms with Gasteiger partial charge in [-0.15, -0.1) is 0 Å². The second-order valence-corrected chi connectivity index (χ2v) is 3.63. The highest BCUT2D eigenvalue weighted by Gasteiger charge is 1.93. The van der Waals surface area contributed by atoms with Crippen molar-refractivity contribution in [3.8, 4) is 0 Å². The molecule has 0 amide bonds. The van der Waals surface area contributed by atoms with Gasteiger partial charge < -0.3 is 5.31 Å². The summed E-state index contributed by atoms with van der Waals surface area (Å²) in [5.41, 5.74) is 1.59. The van der Waals surface area contributed by atoms with E-state index in [4.69, 9.17) is 14.4 Å². The maximum atomic E-state index is 7.93. The lowest BCUT2D eigenvalue weighted by atomic mass is 10.2. The molecule has 1 nitrogen and oxygen atoms in total. The molecule has 0 fully saturated rings. The van der Waals surface area contributed by atoms with Gasteiger partial charge in [-0.25, -0.2) is 0 Å². The lowest BCUT2D eigenvalue weighted by molar-refractivity contribution is 1.15. The van der Waals surface area contributed by atoms with E-state index in [1.54, 1.807) is 30.3 Å². The second-order valence-electron chi connectivity index (χ2n) is 3.19. The number of rotatable bonds is 3. The van der Waals surface area contributed by atoms with Crippen LogP contribution in [-0.4, -0.2) is 0 Å². The molecule has 0 saturated heterocycles. The first-order chi connectivity index (χ1) is 8.16. The van der Waals surface area contributed by atoms with Crippen LogP contribution < -0.4 is 5.31 Å². The van der Waals surface area contributed by atoms with Gasteiger partial charge in [0.05, 0.1) is 1.37 Å². The zero-order valence-electron chi connectivity index (χ0n) is 10.2. The molecule has 0 aliphatic rings. The first-order valence-electron chi connectivity index (χ1n) is 5.68. The van der Waals surface area contributed by atoms with E-state index in [9.17, 15) is 0 Å². The summed E-state index contributed by atoms with van der Waals surface area (Å²) in [7, 11) is 0. The summed E-state index contributed by atoms with van der Waals surface area (Å²) in [5, 5.41) is 2.00. The third kappa shape index (κ3) is 3.00. The number of nitrogens with one attached hydrogen (secondary N) is 1. The standard InChI is InChI=1S/C13H12ClN/c14-12-8-6-11(7-9-12)10-15-13-4-2-1-3-5-13/h1-9,15H,10H2/i4D/hD. The van der Waals surface area contributed by atoms with Crippen molar-refractivity contribution < 1.29 is 2.78 Å². The molecule has 76 valence electrons. The minimum Gasteiger partial charge on any atom is -0.381 e. The average Bonchev–Trinajstić information content (AvgIpc) is 2.32. The molecule has 0 spiro atoms. The highest BCUT2D eigenvalue weighted by Crippen LogP contribution is 2.11. The topological polar surface area (TPSA) is 12.0 Å². The summed E-state index contributed by atoms with van der Waals surface area (Å²) in [6.07, 6.45) is 0. The van der Waals surface area contributed by atoms with Crippen molar-refractivity contribution in [1.82, 2.24) is 0 Å². The molecule has 0 aliphatic carbocycles. The fourth-order valence-electron chi connectivity index (χ4n) is 1.25. The molecule has 0 atom stereocenters. The van der Waals surface area contributed by atoms with E-state index < -0.39 is 0 Å². The average molecular weight is 220 g/mol. The van der Waals surface area contributed by atoms with Crippen molar-refractivity contribution in [3.05, 3.63) is 65.2 Å². The fourth-order valence-corrected chi connectivity index (χ4v) is 1.37. The summed E-state index contributed by atoms with van der Waals surface area (Å²) in [6, 6.07) is 14.8. The van der Waals surface area contributed by atoms with Crippen molar-refractivity contribution in [2.45, 2.75) is 6.54 Å². The molecule has 15 heavy (non-hydrogen) atoms. The van der Waals surface area contributed by atoms with Crippen LogP contribution in [0.3, 0.4) is 0 Å². The lowest BCUT2D eigenvalue weighted by Crippen LogP contribution is -1.98. The minimum absolute atomic E-state index is 0.358. The van der Waals surface area contributed by atoms with Crippen LogP contribution in [0.4, 0.5) is 5.69 Å². The third-order valence-corrected chi connectivity index (χ3v) is 2.29. The Morgan fingerprint density at radius 3 is 2.67 bits per heavy atom. The Bertz CT molecular complexity index is 499. The molecule has 0 aliphatic heterocycles. The van der Waals surface area contributed by atoms with Gasteiger partial charge in [0.2, 0.25) is 0 Å². The van der Waals surface area contributed by atoms with Crippen LogP contribution >= 0.6 is 11.6 Å². The van der Waals surface area contributed by atoms with Gasteiger partial charge in [-0.05, 0) is 29.8 Å². The van der Waals surface area contributed by atoms with E-state index in [2.05, 4.69) is 0 Å². The van der Waals surface area contributed by atoms with Crippen LogP contribution in [-0.2, 0) is 6.54 Å². The number of hydrogen-bond donors (Lipinski definition) is 1. The SMILES string of the molecule is [2H]c1ccccc1N([2H])Cc1ccc(Cl)cc1. The molecule has 2 aromatic rings. The molecule has 1 N–H and O–H groups in total. The van der Waals surface area contributed by atoms with E-state index in [0.717, 1.165) is 5.56 Å². The molecule has 0 unspecified atom stereocenters. The Kier molecular flexibility index (Phi) is 2.51. The van der Waals surface area contributed by atoms with E-state index in [1.807, 2.05) is 18.2 Å². The van der Waals surface area contributed by atoms with Gasteiger partial charge in [0.15, 0.2) is 1.41 Å². The van der Waals surface area contributed by atoms with Gasteiger partial charge in [-0.3, -0.25) is 0 Å². The summed E-state index contributed by atoms with van der Waals surface area (Å²) in [5.74, 6) is 0. The summed E-state index contributed by atoms with van der Waals surface area (Å²) in [4.78, 5) is 0. The van der Waals surface area contributed by atoms with Gasteiger partial charge in [0.25, 0.3) is 0 Å². The van der Waals surface area contributed by atoms with Crippen molar-refractivity contribution in [1.29, 1.82) is 0 Å². The largest absolute Gasteiger partial charge is 0.381 e. The van der Waals surface area contributed by atoms with Crippen molar-refractivity contribution in [2.24, 2.45) is 0 Å². The van der Waals surface area contributed by atoms with Crippen LogP contribution in [0.2, 0.25) is 6.43 Å². The van der Waals surface area contributed by atoms with Crippen LogP contribution in [0.5, 0.6) is 0 Å². The maximum Gasteiger partial charge on any atom is 0.160 e. The predicted molar refractivity (Wildman–Crippen MR) is 65.2 cm³/mol.